The van der Waals surface area contributed by atoms with Crippen molar-refractivity contribution in [1.29, 1.82) is 0 Å². The van der Waals surface area contributed by atoms with Gasteiger partial charge in [0.15, 0.2) is 0 Å². The molecule has 4 nitrogen and oxygen atoms in total. The summed E-state index contributed by atoms with van der Waals surface area (Å²) in [5.41, 5.74) is -0.743. The topological polar surface area (TPSA) is 49.4 Å². The minimum Gasteiger partial charge on any atom is -0.342 e. The monoisotopic (exact) mass is 282 g/mol. The predicted octanol–water partition coefficient (Wildman–Crippen LogP) is 2.57. The molecule has 2 amide bonds. The molecule has 0 aliphatic carbocycles. The van der Waals surface area contributed by atoms with Crippen molar-refractivity contribution in [3.63, 3.8) is 0 Å². The fourth-order valence-electron chi connectivity index (χ4n) is 2.83. The maximum atomic E-state index is 12.7. The van der Waals surface area contributed by atoms with Crippen molar-refractivity contribution in [2.75, 3.05) is 6.54 Å². The van der Waals surface area contributed by atoms with Gasteiger partial charge in [0.05, 0.1) is 0 Å². The Morgan fingerprint density at radius 2 is 1.85 bits per heavy atom. The second-order valence-corrected chi connectivity index (χ2v) is 7.06. The zero-order chi connectivity index (χ0) is 15.5. The molecule has 0 radical (unpaired) electrons. The van der Waals surface area contributed by atoms with Gasteiger partial charge in [0.25, 0.3) is 0 Å². The van der Waals surface area contributed by atoms with Crippen LogP contribution in [0.2, 0.25) is 0 Å². The van der Waals surface area contributed by atoms with E-state index in [0.29, 0.717) is 24.8 Å². The lowest BCUT2D eigenvalue weighted by Crippen LogP contribution is -2.69. The van der Waals surface area contributed by atoms with Gasteiger partial charge < -0.3 is 10.2 Å². The Morgan fingerprint density at radius 3 is 2.35 bits per heavy atom. The highest BCUT2D eigenvalue weighted by molar-refractivity contribution is 5.99. The van der Waals surface area contributed by atoms with Crippen molar-refractivity contribution in [3.05, 3.63) is 0 Å². The minimum absolute atomic E-state index is 0.0357. The summed E-state index contributed by atoms with van der Waals surface area (Å²) in [6, 6.07) is -0.357. The zero-order valence-corrected chi connectivity index (χ0v) is 13.8. The Bertz CT molecular complexity index is 363. The van der Waals surface area contributed by atoms with Crippen LogP contribution >= 0.6 is 0 Å². The van der Waals surface area contributed by atoms with Gasteiger partial charge in [-0.2, -0.15) is 0 Å². The van der Waals surface area contributed by atoms with E-state index in [4.69, 9.17) is 0 Å². The van der Waals surface area contributed by atoms with E-state index in [1.807, 2.05) is 13.8 Å². The van der Waals surface area contributed by atoms with E-state index in [9.17, 15) is 9.59 Å². The van der Waals surface area contributed by atoms with Crippen LogP contribution in [-0.2, 0) is 9.59 Å². The van der Waals surface area contributed by atoms with Crippen molar-refractivity contribution in [3.8, 4) is 0 Å². The zero-order valence-electron chi connectivity index (χ0n) is 13.8. The highest BCUT2D eigenvalue weighted by atomic mass is 16.2. The summed E-state index contributed by atoms with van der Waals surface area (Å²) in [6.45, 7) is 12.8. The third kappa shape index (κ3) is 3.74. The van der Waals surface area contributed by atoms with Crippen molar-refractivity contribution >= 4 is 11.8 Å². The summed E-state index contributed by atoms with van der Waals surface area (Å²) in [7, 11) is 0. The van der Waals surface area contributed by atoms with Crippen LogP contribution in [0, 0.1) is 11.8 Å². The van der Waals surface area contributed by atoms with Gasteiger partial charge in [-0.1, -0.05) is 34.1 Å². The van der Waals surface area contributed by atoms with Crippen LogP contribution in [0.15, 0.2) is 0 Å². The van der Waals surface area contributed by atoms with E-state index in [-0.39, 0.29) is 17.9 Å². The molecule has 1 rings (SSSR count). The minimum atomic E-state index is -0.743. The number of hydrogen-bond donors (Lipinski definition) is 1. The Hall–Kier alpha value is -1.06. The third-order valence-electron chi connectivity index (χ3n) is 4.08. The Balaban J connectivity index is 2.89. The number of carbonyl (C=O) groups is 2. The number of carbonyl (C=O) groups excluding carboxylic acids is 2. The fraction of sp³-hybridized carbons (Fsp3) is 0.875. The number of piperazine rings is 1. The molecule has 1 heterocycles. The van der Waals surface area contributed by atoms with E-state index in [0.717, 1.165) is 12.8 Å². The van der Waals surface area contributed by atoms with Crippen LogP contribution < -0.4 is 5.32 Å². The molecule has 4 heteroatoms. The van der Waals surface area contributed by atoms with Crippen molar-refractivity contribution in [2.45, 2.75) is 72.4 Å². The van der Waals surface area contributed by atoms with Crippen molar-refractivity contribution in [1.82, 2.24) is 10.2 Å². The molecule has 0 aromatic heterocycles. The van der Waals surface area contributed by atoms with Crippen LogP contribution in [0.3, 0.4) is 0 Å². The first-order valence-electron chi connectivity index (χ1n) is 7.82. The molecule has 2 atom stereocenters. The molecule has 1 saturated heterocycles. The van der Waals surface area contributed by atoms with Crippen molar-refractivity contribution < 1.29 is 9.59 Å². The molecule has 116 valence electrons. The number of hydrogen-bond acceptors (Lipinski definition) is 2. The maximum absolute atomic E-state index is 12.7. The highest BCUT2D eigenvalue weighted by Gasteiger charge is 2.46. The average molecular weight is 282 g/mol. The van der Waals surface area contributed by atoms with Gasteiger partial charge in [0, 0.05) is 6.54 Å². The van der Waals surface area contributed by atoms with Gasteiger partial charge in [-0.15, -0.1) is 0 Å². The highest BCUT2D eigenvalue weighted by Crippen LogP contribution is 2.25. The Morgan fingerprint density at radius 1 is 1.25 bits per heavy atom. The predicted molar refractivity (Wildman–Crippen MR) is 81.2 cm³/mol. The van der Waals surface area contributed by atoms with E-state index < -0.39 is 5.54 Å². The normalized spacial score (nSPS) is 23.9. The first-order valence-corrected chi connectivity index (χ1v) is 7.82. The second-order valence-electron chi connectivity index (χ2n) is 7.06. The summed E-state index contributed by atoms with van der Waals surface area (Å²) in [4.78, 5) is 26.8. The third-order valence-corrected chi connectivity index (χ3v) is 4.08. The molecule has 0 saturated carbocycles. The Labute approximate surface area is 123 Å². The summed E-state index contributed by atoms with van der Waals surface area (Å²) in [5, 5.41) is 2.89. The van der Waals surface area contributed by atoms with Gasteiger partial charge in [-0.05, 0) is 38.5 Å². The number of nitrogens with one attached hydrogen (secondary N) is 1. The first-order chi connectivity index (χ1) is 9.20. The van der Waals surface area contributed by atoms with Crippen LogP contribution in [0.4, 0.5) is 0 Å². The standard InChI is InChI=1S/C16H30N2O2/c1-7-8-12(4)10-18-14(19)13(9-11(2)3)17-15(20)16(18,5)6/h11-13H,7-10H2,1-6H3,(H,17,20). The van der Waals surface area contributed by atoms with Gasteiger partial charge in [0.2, 0.25) is 11.8 Å². The Kier molecular flexibility index (Phi) is 5.60. The van der Waals surface area contributed by atoms with Gasteiger partial charge in [-0.25, -0.2) is 0 Å². The molecule has 0 aromatic rings. The molecule has 1 aliphatic heterocycles. The van der Waals surface area contributed by atoms with Crippen LogP contribution in [0.25, 0.3) is 0 Å². The number of amides is 2. The molecule has 1 aliphatic rings. The molecule has 1 fully saturated rings. The molecule has 0 bridgehead atoms. The van der Waals surface area contributed by atoms with Crippen LogP contribution in [-0.4, -0.2) is 34.8 Å². The van der Waals surface area contributed by atoms with Gasteiger partial charge in [0.1, 0.15) is 11.6 Å². The lowest BCUT2D eigenvalue weighted by Gasteiger charge is -2.45. The fourth-order valence-corrected chi connectivity index (χ4v) is 2.83. The van der Waals surface area contributed by atoms with E-state index in [1.165, 1.54) is 0 Å². The van der Waals surface area contributed by atoms with E-state index in [1.54, 1.807) is 4.90 Å². The molecular weight excluding hydrogens is 252 g/mol. The summed E-state index contributed by atoms with van der Waals surface area (Å²) >= 11 is 0. The molecule has 1 N–H and O–H groups in total. The lowest BCUT2D eigenvalue weighted by atomic mass is 9.90. The maximum Gasteiger partial charge on any atom is 0.246 e. The molecular formula is C16H30N2O2. The molecule has 20 heavy (non-hydrogen) atoms. The van der Waals surface area contributed by atoms with Gasteiger partial charge in [-0.3, -0.25) is 9.59 Å². The SMILES string of the molecule is CCCC(C)CN1C(=O)C(CC(C)C)NC(=O)C1(C)C. The molecule has 0 aromatic carbocycles. The average Bonchev–Trinajstić information content (AvgIpc) is 2.32. The molecule has 2 unspecified atom stereocenters. The van der Waals surface area contributed by atoms with Gasteiger partial charge >= 0.3 is 0 Å². The largest absolute Gasteiger partial charge is 0.342 e. The second kappa shape index (κ2) is 6.59. The number of nitrogens with zero attached hydrogens (tertiary/aromatic N) is 1. The lowest BCUT2D eigenvalue weighted by molar-refractivity contribution is -0.156. The first kappa shape index (κ1) is 17.0. The molecule has 0 spiro atoms. The summed E-state index contributed by atoms with van der Waals surface area (Å²) in [5.74, 6) is 0.854. The number of rotatable bonds is 6. The van der Waals surface area contributed by atoms with E-state index in [2.05, 4.69) is 33.0 Å². The van der Waals surface area contributed by atoms with Crippen LogP contribution in [0.5, 0.6) is 0 Å². The van der Waals surface area contributed by atoms with Crippen LogP contribution in [0.1, 0.15) is 60.8 Å². The quantitative estimate of drug-likeness (QED) is 0.814. The smallest absolute Gasteiger partial charge is 0.246 e. The summed E-state index contributed by atoms with van der Waals surface area (Å²) in [6.07, 6.45) is 2.89. The van der Waals surface area contributed by atoms with Crippen molar-refractivity contribution in [2.24, 2.45) is 11.8 Å². The van der Waals surface area contributed by atoms with E-state index >= 15 is 0 Å². The summed E-state index contributed by atoms with van der Waals surface area (Å²) < 4.78 is 0.